The maximum atomic E-state index is 5.96. The standard InChI is InChI=1S/C15H28N6O.HI/c1-16-15(18-11-14-19-12-20-21(14)2)17-9-10-22-13-7-5-3-4-6-8-13;/h12-13H,3-11H2,1-2H3,(H2,16,17,18);1H. The van der Waals surface area contributed by atoms with Gasteiger partial charge in [-0.05, 0) is 12.8 Å². The van der Waals surface area contributed by atoms with Crippen molar-refractivity contribution in [2.45, 2.75) is 51.2 Å². The number of guanidine groups is 1. The van der Waals surface area contributed by atoms with Crippen LogP contribution in [0.15, 0.2) is 11.3 Å². The van der Waals surface area contributed by atoms with Crippen molar-refractivity contribution in [2.24, 2.45) is 12.0 Å². The molecule has 0 bridgehead atoms. The first kappa shape index (κ1) is 20.1. The molecule has 1 aliphatic carbocycles. The summed E-state index contributed by atoms with van der Waals surface area (Å²) < 4.78 is 7.70. The van der Waals surface area contributed by atoms with E-state index in [1.807, 2.05) is 7.05 Å². The van der Waals surface area contributed by atoms with E-state index in [2.05, 4.69) is 25.7 Å². The van der Waals surface area contributed by atoms with Gasteiger partial charge in [0.15, 0.2) is 5.96 Å². The number of aromatic nitrogens is 3. The third kappa shape index (κ3) is 7.47. The number of nitrogens with zero attached hydrogens (tertiary/aromatic N) is 4. The molecule has 132 valence electrons. The van der Waals surface area contributed by atoms with Crippen LogP contribution in [-0.2, 0) is 18.3 Å². The second-order valence-corrected chi connectivity index (χ2v) is 5.64. The van der Waals surface area contributed by atoms with E-state index in [0.717, 1.165) is 24.9 Å². The van der Waals surface area contributed by atoms with Gasteiger partial charge in [-0.1, -0.05) is 25.7 Å². The molecule has 1 aromatic heterocycles. The zero-order valence-electron chi connectivity index (χ0n) is 14.1. The predicted octanol–water partition coefficient (Wildman–Crippen LogP) is 1.84. The molecule has 0 radical (unpaired) electrons. The molecule has 1 fully saturated rings. The molecule has 0 aromatic carbocycles. The van der Waals surface area contributed by atoms with E-state index in [1.165, 1.54) is 38.5 Å². The van der Waals surface area contributed by atoms with Gasteiger partial charge >= 0.3 is 0 Å². The van der Waals surface area contributed by atoms with Gasteiger partial charge in [0.2, 0.25) is 0 Å². The van der Waals surface area contributed by atoms with Crippen LogP contribution in [0.5, 0.6) is 0 Å². The van der Waals surface area contributed by atoms with Crippen molar-refractivity contribution < 1.29 is 4.74 Å². The lowest BCUT2D eigenvalue weighted by Crippen LogP contribution is -2.39. The van der Waals surface area contributed by atoms with Gasteiger partial charge in [-0.2, -0.15) is 5.10 Å². The van der Waals surface area contributed by atoms with Crippen LogP contribution in [-0.4, -0.2) is 47.0 Å². The minimum Gasteiger partial charge on any atom is -0.376 e. The molecule has 1 aromatic rings. The van der Waals surface area contributed by atoms with Gasteiger partial charge in [-0.3, -0.25) is 9.67 Å². The zero-order valence-corrected chi connectivity index (χ0v) is 16.5. The average molecular weight is 436 g/mol. The van der Waals surface area contributed by atoms with E-state index in [0.29, 0.717) is 12.6 Å². The van der Waals surface area contributed by atoms with Gasteiger partial charge in [0.05, 0.1) is 19.3 Å². The molecule has 1 aliphatic rings. The summed E-state index contributed by atoms with van der Waals surface area (Å²) in [4.78, 5) is 8.37. The summed E-state index contributed by atoms with van der Waals surface area (Å²) in [6.45, 7) is 2.07. The molecule has 0 amide bonds. The van der Waals surface area contributed by atoms with Gasteiger partial charge in [-0.25, -0.2) is 4.98 Å². The summed E-state index contributed by atoms with van der Waals surface area (Å²) in [5.74, 6) is 1.63. The lowest BCUT2D eigenvalue weighted by atomic mass is 10.1. The highest BCUT2D eigenvalue weighted by molar-refractivity contribution is 14.0. The molecule has 2 N–H and O–H groups in total. The molecule has 0 atom stereocenters. The fourth-order valence-electron chi connectivity index (χ4n) is 2.67. The lowest BCUT2D eigenvalue weighted by Gasteiger charge is -2.16. The fourth-order valence-corrected chi connectivity index (χ4v) is 2.67. The number of aliphatic imine (C=N–C) groups is 1. The number of hydrogen-bond donors (Lipinski definition) is 2. The van der Waals surface area contributed by atoms with Crippen molar-refractivity contribution in [3.05, 3.63) is 12.2 Å². The molecule has 8 heteroatoms. The van der Waals surface area contributed by atoms with E-state index in [-0.39, 0.29) is 24.0 Å². The van der Waals surface area contributed by atoms with Crippen molar-refractivity contribution in [3.8, 4) is 0 Å². The number of rotatable bonds is 6. The smallest absolute Gasteiger partial charge is 0.191 e. The minimum absolute atomic E-state index is 0. The first-order valence-electron chi connectivity index (χ1n) is 8.18. The molecule has 0 aliphatic heterocycles. The summed E-state index contributed by atoms with van der Waals surface area (Å²) >= 11 is 0. The summed E-state index contributed by atoms with van der Waals surface area (Å²) in [5, 5.41) is 10.5. The predicted molar refractivity (Wildman–Crippen MR) is 102 cm³/mol. The van der Waals surface area contributed by atoms with Gasteiger partial charge in [0.25, 0.3) is 0 Å². The molecule has 2 rings (SSSR count). The molecule has 1 saturated carbocycles. The molecule has 0 saturated heterocycles. The number of halogens is 1. The highest BCUT2D eigenvalue weighted by atomic mass is 127. The number of ether oxygens (including phenoxy) is 1. The molecule has 23 heavy (non-hydrogen) atoms. The monoisotopic (exact) mass is 436 g/mol. The van der Waals surface area contributed by atoms with Crippen LogP contribution >= 0.6 is 24.0 Å². The Labute approximate surface area is 155 Å². The topological polar surface area (TPSA) is 76.4 Å². The minimum atomic E-state index is 0. The van der Waals surface area contributed by atoms with Crippen LogP contribution in [0.1, 0.15) is 44.3 Å². The van der Waals surface area contributed by atoms with E-state index in [4.69, 9.17) is 4.74 Å². The van der Waals surface area contributed by atoms with Crippen LogP contribution in [0.3, 0.4) is 0 Å². The van der Waals surface area contributed by atoms with E-state index in [1.54, 1.807) is 18.1 Å². The van der Waals surface area contributed by atoms with E-state index < -0.39 is 0 Å². The maximum Gasteiger partial charge on any atom is 0.191 e. The van der Waals surface area contributed by atoms with Crippen LogP contribution in [0.2, 0.25) is 0 Å². The summed E-state index contributed by atoms with van der Waals surface area (Å²) in [6, 6.07) is 0. The highest BCUT2D eigenvalue weighted by Gasteiger charge is 2.12. The van der Waals surface area contributed by atoms with E-state index in [9.17, 15) is 0 Å². The second kappa shape index (κ2) is 11.6. The van der Waals surface area contributed by atoms with E-state index >= 15 is 0 Å². The van der Waals surface area contributed by atoms with Crippen LogP contribution in [0.25, 0.3) is 0 Å². The average Bonchev–Trinajstić information content (AvgIpc) is 2.77. The zero-order chi connectivity index (χ0) is 15.6. The Hall–Kier alpha value is -0.900. The highest BCUT2D eigenvalue weighted by Crippen LogP contribution is 2.19. The van der Waals surface area contributed by atoms with Crippen molar-refractivity contribution >= 4 is 29.9 Å². The van der Waals surface area contributed by atoms with Gasteiger partial charge in [0, 0.05) is 20.6 Å². The summed E-state index contributed by atoms with van der Waals surface area (Å²) in [7, 11) is 3.64. The SMILES string of the molecule is CN=C(NCCOC1CCCCCC1)NCc1ncnn1C.I. The second-order valence-electron chi connectivity index (χ2n) is 5.64. The van der Waals surface area contributed by atoms with Gasteiger partial charge in [0.1, 0.15) is 12.2 Å². The first-order chi connectivity index (χ1) is 10.8. The third-order valence-corrected chi connectivity index (χ3v) is 3.99. The van der Waals surface area contributed by atoms with Gasteiger partial charge < -0.3 is 15.4 Å². The van der Waals surface area contributed by atoms with Crippen LogP contribution in [0.4, 0.5) is 0 Å². The fraction of sp³-hybridized carbons (Fsp3) is 0.800. The molecule has 0 unspecified atom stereocenters. The third-order valence-electron chi connectivity index (χ3n) is 3.99. The van der Waals surface area contributed by atoms with Crippen molar-refractivity contribution in [2.75, 3.05) is 20.2 Å². The Morgan fingerprint density at radius 2 is 2.04 bits per heavy atom. The normalized spacial score (nSPS) is 16.5. The molecular weight excluding hydrogens is 407 g/mol. The quantitative estimate of drug-likeness (QED) is 0.234. The van der Waals surface area contributed by atoms with Crippen molar-refractivity contribution in [1.82, 2.24) is 25.4 Å². The Bertz CT molecular complexity index is 457. The molecular formula is C15H29IN6O. The van der Waals surface area contributed by atoms with Gasteiger partial charge in [-0.15, -0.1) is 24.0 Å². The Morgan fingerprint density at radius 3 is 2.65 bits per heavy atom. The van der Waals surface area contributed by atoms with Crippen molar-refractivity contribution in [3.63, 3.8) is 0 Å². The Kier molecular flexibility index (Phi) is 10.2. The van der Waals surface area contributed by atoms with Crippen LogP contribution < -0.4 is 10.6 Å². The Balaban J connectivity index is 0.00000264. The maximum absolute atomic E-state index is 5.96. The molecule has 1 heterocycles. The molecule has 7 nitrogen and oxygen atoms in total. The lowest BCUT2D eigenvalue weighted by molar-refractivity contribution is 0.0468. The largest absolute Gasteiger partial charge is 0.376 e. The Morgan fingerprint density at radius 1 is 1.30 bits per heavy atom. The number of aryl methyl sites for hydroxylation is 1. The summed E-state index contributed by atoms with van der Waals surface area (Å²) in [5.41, 5.74) is 0. The first-order valence-corrected chi connectivity index (χ1v) is 8.18. The van der Waals surface area contributed by atoms with Crippen LogP contribution in [0, 0.1) is 0 Å². The summed E-state index contributed by atoms with van der Waals surface area (Å²) in [6.07, 6.45) is 9.73. The van der Waals surface area contributed by atoms with Crippen molar-refractivity contribution in [1.29, 1.82) is 0 Å². The number of nitrogens with one attached hydrogen (secondary N) is 2. The molecule has 0 spiro atoms. The number of hydrogen-bond acceptors (Lipinski definition) is 4.